The van der Waals surface area contributed by atoms with Gasteiger partial charge in [0.1, 0.15) is 0 Å². The number of nitrogens with one attached hydrogen (secondary N) is 2. The maximum absolute atomic E-state index is 12.0. The van der Waals surface area contributed by atoms with E-state index in [9.17, 15) is 14.4 Å². The molecule has 7 nitrogen and oxygen atoms in total. The maximum atomic E-state index is 12.0. The van der Waals surface area contributed by atoms with Gasteiger partial charge in [-0.05, 0) is 31.0 Å². The molecule has 0 atom stereocenters. The zero-order valence-electron chi connectivity index (χ0n) is 13.1. The van der Waals surface area contributed by atoms with Crippen molar-refractivity contribution in [3.05, 3.63) is 29.8 Å². The van der Waals surface area contributed by atoms with E-state index in [1.54, 1.807) is 31.4 Å². The molecule has 2 amide bonds. The summed E-state index contributed by atoms with van der Waals surface area (Å²) in [6, 6.07) is 6.60. The van der Waals surface area contributed by atoms with Crippen molar-refractivity contribution in [3.8, 4) is 0 Å². The standard InChI is InChI=1S/C16H22N2O5/c1-23-10-4-9-17-16(22)12-5-2-6-13(11-12)18-14(19)7-3-8-15(20)21/h2,5-6,11H,3-4,7-10H2,1H3,(H,17,22)(H,18,19)(H,20,21). The molecular formula is C16H22N2O5. The van der Waals surface area contributed by atoms with E-state index in [4.69, 9.17) is 9.84 Å². The molecule has 7 heteroatoms. The molecule has 0 spiro atoms. The molecule has 0 bridgehead atoms. The van der Waals surface area contributed by atoms with Gasteiger partial charge in [-0.1, -0.05) is 6.07 Å². The van der Waals surface area contributed by atoms with Crippen LogP contribution in [0.4, 0.5) is 5.69 Å². The summed E-state index contributed by atoms with van der Waals surface area (Å²) in [5.41, 5.74) is 0.959. The van der Waals surface area contributed by atoms with E-state index in [-0.39, 0.29) is 31.1 Å². The van der Waals surface area contributed by atoms with Crippen molar-refractivity contribution < 1.29 is 24.2 Å². The Hall–Kier alpha value is -2.41. The normalized spacial score (nSPS) is 10.1. The summed E-state index contributed by atoms with van der Waals surface area (Å²) in [7, 11) is 1.60. The number of methoxy groups -OCH3 is 1. The Kier molecular flexibility index (Phi) is 8.38. The van der Waals surface area contributed by atoms with E-state index in [0.717, 1.165) is 6.42 Å². The molecule has 0 radical (unpaired) electrons. The van der Waals surface area contributed by atoms with Gasteiger partial charge in [-0.15, -0.1) is 0 Å². The van der Waals surface area contributed by atoms with Gasteiger partial charge in [0, 0.05) is 44.4 Å². The summed E-state index contributed by atoms with van der Waals surface area (Å²) in [5, 5.41) is 14.0. The van der Waals surface area contributed by atoms with E-state index in [1.165, 1.54) is 0 Å². The van der Waals surface area contributed by atoms with Crippen molar-refractivity contribution in [1.82, 2.24) is 5.32 Å². The monoisotopic (exact) mass is 322 g/mol. The fourth-order valence-electron chi connectivity index (χ4n) is 1.88. The lowest BCUT2D eigenvalue weighted by Crippen LogP contribution is -2.25. The lowest BCUT2D eigenvalue weighted by Gasteiger charge is -2.08. The number of rotatable bonds is 10. The molecule has 0 heterocycles. The van der Waals surface area contributed by atoms with E-state index in [0.29, 0.717) is 24.4 Å². The lowest BCUT2D eigenvalue weighted by atomic mass is 10.1. The molecule has 0 aromatic heterocycles. The van der Waals surface area contributed by atoms with Gasteiger partial charge in [0.25, 0.3) is 5.91 Å². The SMILES string of the molecule is COCCCNC(=O)c1cccc(NC(=O)CCCC(=O)O)c1. The summed E-state index contributed by atoms with van der Waals surface area (Å²) in [4.78, 5) is 34.1. The predicted octanol–water partition coefficient (Wildman–Crippen LogP) is 1.65. The van der Waals surface area contributed by atoms with Crippen LogP contribution >= 0.6 is 0 Å². The van der Waals surface area contributed by atoms with Crippen LogP contribution in [-0.4, -0.2) is 43.2 Å². The molecule has 0 aliphatic rings. The van der Waals surface area contributed by atoms with E-state index in [2.05, 4.69) is 10.6 Å². The number of amides is 2. The number of ether oxygens (including phenoxy) is 1. The first-order valence-electron chi connectivity index (χ1n) is 7.41. The molecule has 0 saturated carbocycles. The summed E-state index contributed by atoms with van der Waals surface area (Å²) in [6.07, 6.45) is 1.08. The van der Waals surface area contributed by atoms with Gasteiger partial charge in [-0.2, -0.15) is 0 Å². The first-order valence-corrected chi connectivity index (χ1v) is 7.41. The third kappa shape index (κ3) is 7.96. The maximum Gasteiger partial charge on any atom is 0.303 e. The molecule has 0 saturated heterocycles. The van der Waals surface area contributed by atoms with Gasteiger partial charge in [0.05, 0.1) is 0 Å². The fourth-order valence-corrected chi connectivity index (χ4v) is 1.88. The first-order chi connectivity index (χ1) is 11.0. The third-order valence-corrected chi connectivity index (χ3v) is 3.01. The number of carboxylic acid groups (broad SMARTS) is 1. The zero-order chi connectivity index (χ0) is 17.1. The highest BCUT2D eigenvalue weighted by Gasteiger charge is 2.08. The van der Waals surface area contributed by atoms with Crippen molar-refractivity contribution in [2.24, 2.45) is 0 Å². The van der Waals surface area contributed by atoms with E-state index < -0.39 is 5.97 Å². The van der Waals surface area contributed by atoms with Gasteiger partial charge < -0.3 is 20.5 Å². The van der Waals surface area contributed by atoms with Crippen LogP contribution in [0.5, 0.6) is 0 Å². The molecule has 0 aliphatic heterocycles. The topological polar surface area (TPSA) is 105 Å². The van der Waals surface area contributed by atoms with Gasteiger partial charge >= 0.3 is 5.97 Å². The number of aliphatic carboxylic acids is 1. The van der Waals surface area contributed by atoms with Crippen LogP contribution < -0.4 is 10.6 Å². The molecule has 0 unspecified atom stereocenters. The molecule has 1 aromatic carbocycles. The number of carboxylic acids is 1. The smallest absolute Gasteiger partial charge is 0.303 e. The number of hydrogen-bond acceptors (Lipinski definition) is 4. The Bertz CT molecular complexity index is 545. The van der Waals surface area contributed by atoms with Crippen LogP contribution in [0.3, 0.4) is 0 Å². The van der Waals surface area contributed by atoms with Crippen LogP contribution in [0.1, 0.15) is 36.0 Å². The minimum Gasteiger partial charge on any atom is -0.481 e. The Labute approximate surface area is 135 Å². The van der Waals surface area contributed by atoms with Crippen molar-refractivity contribution in [2.75, 3.05) is 25.6 Å². The lowest BCUT2D eigenvalue weighted by molar-refractivity contribution is -0.137. The van der Waals surface area contributed by atoms with E-state index >= 15 is 0 Å². The Balaban J connectivity index is 2.47. The van der Waals surface area contributed by atoms with Crippen LogP contribution in [-0.2, 0) is 14.3 Å². The number of benzene rings is 1. The first kappa shape index (κ1) is 18.6. The summed E-state index contributed by atoms with van der Waals surface area (Å²) >= 11 is 0. The average molecular weight is 322 g/mol. The largest absolute Gasteiger partial charge is 0.481 e. The quantitative estimate of drug-likeness (QED) is 0.568. The second kappa shape index (κ2) is 10.3. The van der Waals surface area contributed by atoms with Crippen molar-refractivity contribution in [3.63, 3.8) is 0 Å². The van der Waals surface area contributed by atoms with Crippen LogP contribution in [0, 0.1) is 0 Å². The predicted molar refractivity (Wildman–Crippen MR) is 85.4 cm³/mol. The van der Waals surface area contributed by atoms with Crippen molar-refractivity contribution >= 4 is 23.5 Å². The molecule has 0 fully saturated rings. The number of carbonyl (C=O) groups excluding carboxylic acids is 2. The van der Waals surface area contributed by atoms with Crippen LogP contribution in [0.25, 0.3) is 0 Å². The summed E-state index contributed by atoms with van der Waals surface area (Å²) < 4.78 is 4.90. The summed E-state index contributed by atoms with van der Waals surface area (Å²) in [5.74, 6) is -1.42. The fraction of sp³-hybridized carbons (Fsp3) is 0.438. The van der Waals surface area contributed by atoms with Gasteiger partial charge in [0.2, 0.25) is 5.91 Å². The van der Waals surface area contributed by atoms with Gasteiger partial charge in [-0.25, -0.2) is 0 Å². The Morgan fingerprint density at radius 3 is 2.65 bits per heavy atom. The third-order valence-electron chi connectivity index (χ3n) is 3.01. The highest BCUT2D eigenvalue weighted by atomic mass is 16.5. The number of carbonyl (C=O) groups is 3. The molecular weight excluding hydrogens is 300 g/mol. The highest BCUT2D eigenvalue weighted by Crippen LogP contribution is 2.11. The van der Waals surface area contributed by atoms with E-state index in [1.807, 2.05) is 0 Å². The van der Waals surface area contributed by atoms with Crippen molar-refractivity contribution in [2.45, 2.75) is 25.7 Å². The minimum atomic E-state index is -0.926. The molecule has 126 valence electrons. The van der Waals surface area contributed by atoms with Gasteiger partial charge in [0.15, 0.2) is 0 Å². The summed E-state index contributed by atoms with van der Waals surface area (Å²) in [6.45, 7) is 1.09. The second-order valence-corrected chi connectivity index (χ2v) is 4.98. The molecule has 0 aliphatic carbocycles. The zero-order valence-corrected chi connectivity index (χ0v) is 13.1. The highest BCUT2D eigenvalue weighted by molar-refractivity contribution is 5.97. The molecule has 1 aromatic rings. The second-order valence-electron chi connectivity index (χ2n) is 4.98. The van der Waals surface area contributed by atoms with Gasteiger partial charge in [-0.3, -0.25) is 14.4 Å². The number of hydrogen-bond donors (Lipinski definition) is 3. The number of anilines is 1. The molecule has 1 rings (SSSR count). The molecule has 3 N–H and O–H groups in total. The van der Waals surface area contributed by atoms with Crippen LogP contribution in [0.2, 0.25) is 0 Å². The van der Waals surface area contributed by atoms with Crippen LogP contribution in [0.15, 0.2) is 24.3 Å². The Morgan fingerprint density at radius 1 is 1.17 bits per heavy atom. The molecule has 23 heavy (non-hydrogen) atoms. The Morgan fingerprint density at radius 2 is 1.96 bits per heavy atom. The van der Waals surface area contributed by atoms with Crippen molar-refractivity contribution in [1.29, 1.82) is 0 Å². The average Bonchev–Trinajstić information content (AvgIpc) is 2.51. The minimum absolute atomic E-state index is 0.0443.